The maximum absolute atomic E-state index is 11.6. The number of rotatable bonds is 5. The number of hydrogen-bond acceptors (Lipinski definition) is 3. The smallest absolute Gasteiger partial charge is 0.220 e. The summed E-state index contributed by atoms with van der Waals surface area (Å²) in [5.74, 6) is 0.0341. The van der Waals surface area contributed by atoms with Gasteiger partial charge >= 0.3 is 0 Å². The van der Waals surface area contributed by atoms with Crippen LogP contribution >= 0.6 is 0 Å². The second-order valence-corrected chi connectivity index (χ2v) is 5.14. The maximum Gasteiger partial charge on any atom is 0.220 e. The summed E-state index contributed by atoms with van der Waals surface area (Å²) in [5.41, 5.74) is 7.66. The summed E-state index contributed by atoms with van der Waals surface area (Å²) in [5, 5.41) is 7.00. The number of hydrogen-bond donors (Lipinski definition) is 2. The summed E-state index contributed by atoms with van der Waals surface area (Å²) in [6.45, 7) is 6.36. The van der Waals surface area contributed by atoms with E-state index in [1.807, 2.05) is 27.8 Å². The fourth-order valence-electron chi connectivity index (χ4n) is 1.44. The minimum Gasteiger partial charge on any atom is -0.352 e. The molecule has 0 atom stereocenters. The predicted molar refractivity (Wildman–Crippen MR) is 67.3 cm³/mol. The van der Waals surface area contributed by atoms with Crippen LogP contribution in [0, 0.1) is 6.92 Å². The van der Waals surface area contributed by atoms with E-state index in [4.69, 9.17) is 5.73 Å². The normalized spacial score (nSPS) is 11.6. The molecular weight excluding hydrogens is 216 g/mol. The van der Waals surface area contributed by atoms with Gasteiger partial charge in [-0.25, -0.2) is 0 Å². The second kappa shape index (κ2) is 5.31. The van der Waals surface area contributed by atoms with Crippen molar-refractivity contribution in [1.82, 2.24) is 15.1 Å². The molecule has 17 heavy (non-hydrogen) atoms. The van der Waals surface area contributed by atoms with Crippen LogP contribution in [0.4, 0.5) is 0 Å². The zero-order valence-electron chi connectivity index (χ0n) is 11.1. The van der Waals surface area contributed by atoms with Crippen LogP contribution in [0.15, 0.2) is 6.20 Å². The fraction of sp³-hybridized carbons (Fsp3) is 0.667. The molecular formula is C12H22N4O. The SMILES string of the molecule is Cc1c(CNC(=O)CCC(C)(C)N)cnn1C. The highest BCUT2D eigenvalue weighted by Crippen LogP contribution is 2.08. The molecule has 0 radical (unpaired) electrons. The minimum atomic E-state index is -0.290. The Hall–Kier alpha value is -1.36. The van der Waals surface area contributed by atoms with E-state index in [0.29, 0.717) is 19.4 Å². The number of nitrogens with one attached hydrogen (secondary N) is 1. The van der Waals surface area contributed by atoms with Crippen LogP contribution in [-0.4, -0.2) is 21.2 Å². The van der Waals surface area contributed by atoms with Crippen molar-refractivity contribution in [2.24, 2.45) is 12.8 Å². The monoisotopic (exact) mass is 238 g/mol. The van der Waals surface area contributed by atoms with Crippen molar-refractivity contribution in [3.63, 3.8) is 0 Å². The molecule has 0 saturated heterocycles. The predicted octanol–water partition coefficient (Wildman–Crippen LogP) is 0.862. The summed E-state index contributed by atoms with van der Waals surface area (Å²) in [7, 11) is 1.89. The summed E-state index contributed by atoms with van der Waals surface area (Å²) in [6.07, 6.45) is 2.93. The van der Waals surface area contributed by atoms with Gasteiger partial charge in [0, 0.05) is 36.8 Å². The number of carbonyl (C=O) groups excluding carboxylic acids is 1. The molecule has 0 aliphatic heterocycles. The number of aromatic nitrogens is 2. The average molecular weight is 238 g/mol. The number of carbonyl (C=O) groups is 1. The lowest BCUT2D eigenvalue weighted by atomic mass is 10.00. The molecule has 1 heterocycles. The van der Waals surface area contributed by atoms with Crippen LogP contribution in [0.5, 0.6) is 0 Å². The van der Waals surface area contributed by atoms with Crippen LogP contribution in [0.25, 0.3) is 0 Å². The molecule has 0 aliphatic carbocycles. The Morgan fingerprint density at radius 2 is 2.24 bits per heavy atom. The first kappa shape index (κ1) is 13.7. The summed E-state index contributed by atoms with van der Waals surface area (Å²) in [6, 6.07) is 0. The Labute approximate surface area is 102 Å². The lowest BCUT2D eigenvalue weighted by Gasteiger charge is -2.17. The average Bonchev–Trinajstić information content (AvgIpc) is 2.53. The van der Waals surface area contributed by atoms with Gasteiger partial charge in [0.2, 0.25) is 5.91 Å². The zero-order chi connectivity index (χ0) is 13.1. The number of nitrogens with two attached hydrogens (primary N) is 1. The molecule has 0 saturated carbocycles. The van der Waals surface area contributed by atoms with Gasteiger partial charge in [-0.3, -0.25) is 9.48 Å². The van der Waals surface area contributed by atoms with Crippen molar-refractivity contribution >= 4 is 5.91 Å². The van der Waals surface area contributed by atoms with E-state index in [-0.39, 0.29) is 11.4 Å². The van der Waals surface area contributed by atoms with E-state index >= 15 is 0 Å². The van der Waals surface area contributed by atoms with Crippen LogP contribution in [0.1, 0.15) is 37.9 Å². The van der Waals surface area contributed by atoms with Crippen molar-refractivity contribution in [2.45, 2.75) is 45.7 Å². The lowest BCUT2D eigenvalue weighted by Crippen LogP contribution is -2.34. The van der Waals surface area contributed by atoms with Crippen molar-refractivity contribution in [3.8, 4) is 0 Å². The van der Waals surface area contributed by atoms with Gasteiger partial charge in [-0.2, -0.15) is 5.10 Å². The molecule has 5 heteroatoms. The molecule has 1 aromatic heterocycles. The highest BCUT2D eigenvalue weighted by molar-refractivity contribution is 5.75. The highest BCUT2D eigenvalue weighted by Gasteiger charge is 2.13. The van der Waals surface area contributed by atoms with E-state index in [1.165, 1.54) is 0 Å². The Bertz CT molecular complexity index is 390. The topological polar surface area (TPSA) is 72.9 Å². The molecule has 0 aliphatic rings. The Morgan fingerprint density at radius 1 is 1.59 bits per heavy atom. The van der Waals surface area contributed by atoms with Gasteiger partial charge in [-0.1, -0.05) is 0 Å². The maximum atomic E-state index is 11.6. The third-order valence-corrected chi connectivity index (χ3v) is 2.81. The molecule has 96 valence electrons. The van der Waals surface area contributed by atoms with Gasteiger partial charge in [0.25, 0.3) is 0 Å². The lowest BCUT2D eigenvalue weighted by molar-refractivity contribution is -0.121. The van der Waals surface area contributed by atoms with Gasteiger partial charge in [0.1, 0.15) is 0 Å². The van der Waals surface area contributed by atoms with E-state index in [0.717, 1.165) is 11.3 Å². The summed E-state index contributed by atoms with van der Waals surface area (Å²) < 4.78 is 1.80. The first-order valence-corrected chi connectivity index (χ1v) is 5.82. The molecule has 1 rings (SSSR count). The second-order valence-electron chi connectivity index (χ2n) is 5.14. The van der Waals surface area contributed by atoms with Gasteiger partial charge in [-0.15, -0.1) is 0 Å². The molecule has 0 bridgehead atoms. The number of aryl methyl sites for hydroxylation is 1. The first-order chi connectivity index (χ1) is 7.79. The van der Waals surface area contributed by atoms with Crippen LogP contribution in [0.2, 0.25) is 0 Å². The third-order valence-electron chi connectivity index (χ3n) is 2.81. The van der Waals surface area contributed by atoms with E-state index in [1.54, 1.807) is 10.9 Å². The zero-order valence-corrected chi connectivity index (χ0v) is 11.1. The molecule has 1 amide bonds. The molecule has 0 unspecified atom stereocenters. The summed E-state index contributed by atoms with van der Waals surface area (Å²) in [4.78, 5) is 11.6. The quantitative estimate of drug-likeness (QED) is 0.799. The van der Waals surface area contributed by atoms with Gasteiger partial charge in [0.15, 0.2) is 0 Å². The van der Waals surface area contributed by atoms with Gasteiger partial charge in [-0.05, 0) is 27.2 Å². The van der Waals surface area contributed by atoms with E-state index in [2.05, 4.69) is 10.4 Å². The van der Waals surface area contributed by atoms with Crippen molar-refractivity contribution < 1.29 is 4.79 Å². The summed E-state index contributed by atoms with van der Waals surface area (Å²) >= 11 is 0. The van der Waals surface area contributed by atoms with Crippen molar-refractivity contribution in [1.29, 1.82) is 0 Å². The third kappa shape index (κ3) is 4.56. The highest BCUT2D eigenvalue weighted by atomic mass is 16.1. The van der Waals surface area contributed by atoms with Crippen LogP contribution < -0.4 is 11.1 Å². The molecule has 3 N–H and O–H groups in total. The molecule has 0 fully saturated rings. The largest absolute Gasteiger partial charge is 0.352 e. The Morgan fingerprint density at radius 3 is 2.71 bits per heavy atom. The standard InChI is InChI=1S/C12H22N4O/c1-9-10(8-15-16(9)4)7-14-11(17)5-6-12(2,3)13/h8H,5-7,13H2,1-4H3,(H,14,17). The van der Waals surface area contributed by atoms with Crippen molar-refractivity contribution in [3.05, 3.63) is 17.5 Å². The van der Waals surface area contributed by atoms with E-state index in [9.17, 15) is 4.79 Å². The molecule has 0 aromatic carbocycles. The van der Waals surface area contributed by atoms with Gasteiger partial charge < -0.3 is 11.1 Å². The Kier molecular flexibility index (Phi) is 4.28. The van der Waals surface area contributed by atoms with Crippen LogP contribution in [0.3, 0.4) is 0 Å². The molecule has 0 spiro atoms. The van der Waals surface area contributed by atoms with Crippen molar-refractivity contribution in [2.75, 3.05) is 0 Å². The van der Waals surface area contributed by atoms with E-state index < -0.39 is 0 Å². The molecule has 5 nitrogen and oxygen atoms in total. The fourth-order valence-corrected chi connectivity index (χ4v) is 1.44. The van der Waals surface area contributed by atoms with Gasteiger partial charge in [0.05, 0.1) is 6.20 Å². The Balaban J connectivity index is 2.36. The minimum absolute atomic E-state index is 0.0341. The number of nitrogens with zero attached hydrogens (tertiary/aromatic N) is 2. The first-order valence-electron chi connectivity index (χ1n) is 5.82. The van der Waals surface area contributed by atoms with Crippen LogP contribution in [-0.2, 0) is 18.4 Å². The molecule has 1 aromatic rings. The number of amides is 1.